The van der Waals surface area contributed by atoms with Crippen molar-refractivity contribution < 1.29 is 0 Å². The standard InChI is InChI=1S/C14H29N3/c1-13(2)17-11-9-16(10-12-17)8-7-14(15)5-3-4-6-14/h13H,3-12,15H2,1-2H3. The van der Waals surface area contributed by atoms with Crippen LogP contribution in [0.15, 0.2) is 0 Å². The summed E-state index contributed by atoms with van der Waals surface area (Å²) in [5.74, 6) is 0. The average molecular weight is 239 g/mol. The van der Waals surface area contributed by atoms with Gasteiger partial charge >= 0.3 is 0 Å². The van der Waals surface area contributed by atoms with Crippen molar-refractivity contribution in [2.24, 2.45) is 5.73 Å². The van der Waals surface area contributed by atoms with Crippen LogP contribution in [-0.4, -0.2) is 54.1 Å². The van der Waals surface area contributed by atoms with E-state index in [-0.39, 0.29) is 5.54 Å². The largest absolute Gasteiger partial charge is 0.325 e. The van der Waals surface area contributed by atoms with E-state index in [2.05, 4.69) is 23.6 Å². The monoisotopic (exact) mass is 239 g/mol. The van der Waals surface area contributed by atoms with Gasteiger partial charge in [0.1, 0.15) is 0 Å². The minimum atomic E-state index is 0.176. The van der Waals surface area contributed by atoms with Gasteiger partial charge in [0.15, 0.2) is 0 Å². The third kappa shape index (κ3) is 3.67. The molecule has 17 heavy (non-hydrogen) atoms. The highest BCUT2D eigenvalue weighted by Crippen LogP contribution is 2.30. The molecule has 3 nitrogen and oxygen atoms in total. The summed E-state index contributed by atoms with van der Waals surface area (Å²) in [6.07, 6.45) is 6.39. The zero-order valence-electron chi connectivity index (χ0n) is 11.6. The normalized spacial score (nSPS) is 26.8. The summed E-state index contributed by atoms with van der Waals surface area (Å²) in [6.45, 7) is 10.7. The van der Waals surface area contributed by atoms with Crippen molar-refractivity contribution in [2.45, 2.75) is 57.5 Å². The predicted molar refractivity (Wildman–Crippen MR) is 73.2 cm³/mol. The van der Waals surface area contributed by atoms with Crippen molar-refractivity contribution in [3.63, 3.8) is 0 Å². The molecule has 2 aliphatic rings. The number of piperazine rings is 1. The van der Waals surface area contributed by atoms with Gasteiger partial charge in [-0.05, 0) is 39.7 Å². The third-order valence-corrected chi connectivity index (χ3v) is 4.66. The maximum atomic E-state index is 6.41. The van der Waals surface area contributed by atoms with Gasteiger partial charge in [-0.2, -0.15) is 0 Å². The third-order valence-electron chi connectivity index (χ3n) is 4.66. The molecule has 1 aliphatic heterocycles. The van der Waals surface area contributed by atoms with Crippen LogP contribution in [0.2, 0.25) is 0 Å². The van der Waals surface area contributed by atoms with Crippen molar-refractivity contribution in [3.05, 3.63) is 0 Å². The fraction of sp³-hybridized carbons (Fsp3) is 1.00. The van der Waals surface area contributed by atoms with E-state index in [1.807, 2.05) is 0 Å². The van der Waals surface area contributed by atoms with Crippen molar-refractivity contribution in [3.8, 4) is 0 Å². The lowest BCUT2D eigenvalue weighted by Gasteiger charge is -2.38. The Bertz CT molecular complexity index is 226. The Morgan fingerprint density at radius 3 is 2.18 bits per heavy atom. The fourth-order valence-electron chi connectivity index (χ4n) is 3.21. The molecule has 0 aromatic rings. The highest BCUT2D eigenvalue weighted by molar-refractivity contribution is 4.90. The van der Waals surface area contributed by atoms with Gasteiger partial charge in [0, 0.05) is 37.8 Å². The van der Waals surface area contributed by atoms with E-state index in [4.69, 9.17) is 5.73 Å². The molecule has 0 bridgehead atoms. The molecule has 0 unspecified atom stereocenters. The molecule has 1 heterocycles. The van der Waals surface area contributed by atoms with Gasteiger partial charge in [0.05, 0.1) is 0 Å². The SMILES string of the molecule is CC(C)N1CCN(CCC2(N)CCCC2)CC1. The van der Waals surface area contributed by atoms with Crippen LogP contribution in [0.4, 0.5) is 0 Å². The Balaban J connectivity index is 1.68. The molecule has 1 saturated carbocycles. The number of hydrogen-bond acceptors (Lipinski definition) is 3. The van der Waals surface area contributed by atoms with Crippen LogP contribution >= 0.6 is 0 Å². The Kier molecular flexibility index (Phi) is 4.45. The van der Waals surface area contributed by atoms with Crippen molar-refractivity contribution in [1.29, 1.82) is 0 Å². The van der Waals surface area contributed by atoms with Crippen molar-refractivity contribution in [2.75, 3.05) is 32.7 Å². The highest BCUT2D eigenvalue weighted by Gasteiger charge is 2.30. The first-order valence-electron chi connectivity index (χ1n) is 7.34. The Hall–Kier alpha value is -0.120. The Morgan fingerprint density at radius 1 is 1.06 bits per heavy atom. The van der Waals surface area contributed by atoms with Crippen LogP contribution in [0.3, 0.4) is 0 Å². The van der Waals surface area contributed by atoms with Crippen LogP contribution < -0.4 is 5.73 Å². The van der Waals surface area contributed by atoms with Gasteiger partial charge in [-0.15, -0.1) is 0 Å². The van der Waals surface area contributed by atoms with Gasteiger partial charge < -0.3 is 10.6 Å². The maximum Gasteiger partial charge on any atom is 0.0166 e. The first-order valence-corrected chi connectivity index (χ1v) is 7.34. The highest BCUT2D eigenvalue weighted by atomic mass is 15.3. The summed E-state index contributed by atoms with van der Waals surface area (Å²) >= 11 is 0. The summed E-state index contributed by atoms with van der Waals surface area (Å²) in [4.78, 5) is 5.18. The summed E-state index contributed by atoms with van der Waals surface area (Å²) in [6, 6.07) is 0.702. The Morgan fingerprint density at radius 2 is 1.65 bits per heavy atom. The van der Waals surface area contributed by atoms with Gasteiger partial charge in [-0.3, -0.25) is 4.90 Å². The molecule has 2 fully saturated rings. The minimum Gasteiger partial charge on any atom is -0.325 e. The number of rotatable bonds is 4. The molecule has 1 saturated heterocycles. The molecule has 0 aromatic heterocycles. The van der Waals surface area contributed by atoms with Crippen LogP contribution in [0.25, 0.3) is 0 Å². The maximum absolute atomic E-state index is 6.41. The zero-order valence-corrected chi connectivity index (χ0v) is 11.6. The second-order valence-corrected chi connectivity index (χ2v) is 6.29. The van der Waals surface area contributed by atoms with E-state index in [0.717, 1.165) is 0 Å². The molecule has 2 rings (SSSR count). The van der Waals surface area contributed by atoms with Gasteiger partial charge in [-0.25, -0.2) is 0 Å². The van der Waals surface area contributed by atoms with E-state index < -0.39 is 0 Å². The first-order chi connectivity index (χ1) is 8.09. The van der Waals surface area contributed by atoms with Crippen molar-refractivity contribution in [1.82, 2.24) is 9.80 Å². The topological polar surface area (TPSA) is 32.5 Å². The fourth-order valence-corrected chi connectivity index (χ4v) is 3.21. The van der Waals surface area contributed by atoms with Crippen LogP contribution in [0, 0.1) is 0 Å². The molecule has 0 spiro atoms. The average Bonchev–Trinajstić information content (AvgIpc) is 2.75. The second kappa shape index (κ2) is 5.68. The van der Waals surface area contributed by atoms with Gasteiger partial charge in [-0.1, -0.05) is 12.8 Å². The van der Waals surface area contributed by atoms with E-state index in [9.17, 15) is 0 Å². The van der Waals surface area contributed by atoms with Crippen LogP contribution in [0.1, 0.15) is 46.0 Å². The van der Waals surface area contributed by atoms with E-state index in [1.165, 1.54) is 64.8 Å². The number of nitrogens with two attached hydrogens (primary N) is 1. The summed E-state index contributed by atoms with van der Waals surface area (Å²) < 4.78 is 0. The molecule has 3 heteroatoms. The minimum absolute atomic E-state index is 0.176. The number of nitrogens with zero attached hydrogens (tertiary/aromatic N) is 2. The lowest BCUT2D eigenvalue weighted by molar-refractivity contribution is 0.102. The van der Waals surface area contributed by atoms with Crippen molar-refractivity contribution >= 4 is 0 Å². The lowest BCUT2D eigenvalue weighted by atomic mass is 9.94. The second-order valence-electron chi connectivity index (χ2n) is 6.29. The number of hydrogen-bond donors (Lipinski definition) is 1. The molecule has 0 aromatic carbocycles. The van der Waals surface area contributed by atoms with E-state index in [0.29, 0.717) is 6.04 Å². The molecule has 0 amide bonds. The molecular formula is C14H29N3. The zero-order chi connectivity index (χ0) is 12.3. The molecule has 0 atom stereocenters. The van der Waals surface area contributed by atoms with Gasteiger partial charge in [0.2, 0.25) is 0 Å². The lowest BCUT2D eigenvalue weighted by Crippen LogP contribution is -2.50. The molecular weight excluding hydrogens is 210 g/mol. The smallest absolute Gasteiger partial charge is 0.0166 e. The van der Waals surface area contributed by atoms with Crippen LogP contribution in [-0.2, 0) is 0 Å². The Labute approximate surface area is 106 Å². The molecule has 1 aliphatic carbocycles. The summed E-state index contributed by atoms with van der Waals surface area (Å²) in [5.41, 5.74) is 6.59. The van der Waals surface area contributed by atoms with Gasteiger partial charge in [0.25, 0.3) is 0 Å². The predicted octanol–water partition coefficient (Wildman–Crippen LogP) is 1.67. The molecule has 100 valence electrons. The van der Waals surface area contributed by atoms with Crippen LogP contribution in [0.5, 0.6) is 0 Å². The first kappa shape index (κ1) is 13.3. The van der Waals surface area contributed by atoms with E-state index >= 15 is 0 Å². The summed E-state index contributed by atoms with van der Waals surface area (Å²) in [7, 11) is 0. The molecule has 2 N–H and O–H groups in total. The van der Waals surface area contributed by atoms with E-state index in [1.54, 1.807) is 0 Å². The molecule has 0 radical (unpaired) electrons. The quantitative estimate of drug-likeness (QED) is 0.810. The summed E-state index contributed by atoms with van der Waals surface area (Å²) in [5, 5.41) is 0.